The van der Waals surface area contributed by atoms with Gasteiger partial charge in [0.25, 0.3) is 0 Å². The normalized spacial score (nSPS) is 24.9. The number of hydrogen-bond donors (Lipinski definition) is 0. The lowest BCUT2D eigenvalue weighted by Crippen LogP contribution is -3.00. The number of amides is 1. The quantitative estimate of drug-likeness (QED) is 0.670. The molecule has 0 unspecified atom stereocenters. The molecule has 2 aromatic carbocycles. The Morgan fingerprint density at radius 1 is 0.964 bits per heavy atom. The van der Waals surface area contributed by atoms with Crippen molar-refractivity contribution in [1.29, 1.82) is 0 Å². The van der Waals surface area contributed by atoms with Crippen LogP contribution in [0.25, 0.3) is 0 Å². The number of piperidine rings is 1. The van der Waals surface area contributed by atoms with Crippen molar-refractivity contribution >= 4 is 11.8 Å². The molecule has 2 aliphatic heterocycles. The van der Waals surface area contributed by atoms with E-state index < -0.39 is 0 Å². The molecule has 0 saturated carbocycles. The van der Waals surface area contributed by atoms with E-state index >= 15 is 0 Å². The molecule has 2 heterocycles. The SMILES string of the molecule is C[N+]1(C)[C@@H]2CC[C@H]1C[C@@H](OC(=O)N(Cc1ccccc1)c1ccccc1)C2.[Br-]. The van der Waals surface area contributed by atoms with E-state index in [2.05, 4.69) is 14.1 Å². The number of benzene rings is 2. The predicted octanol–water partition coefficient (Wildman–Crippen LogP) is 1.60. The molecule has 2 aromatic rings. The summed E-state index contributed by atoms with van der Waals surface area (Å²) in [5, 5.41) is 0. The Morgan fingerprint density at radius 3 is 2.07 bits per heavy atom. The summed E-state index contributed by atoms with van der Waals surface area (Å²) >= 11 is 0. The summed E-state index contributed by atoms with van der Waals surface area (Å²) < 4.78 is 7.12. The molecule has 0 spiro atoms. The largest absolute Gasteiger partial charge is 1.00 e. The molecular weight excluding hydrogens is 416 g/mol. The van der Waals surface area contributed by atoms with E-state index in [1.54, 1.807) is 4.90 Å². The molecule has 28 heavy (non-hydrogen) atoms. The average molecular weight is 445 g/mol. The van der Waals surface area contributed by atoms with Gasteiger partial charge in [0.05, 0.1) is 32.7 Å². The number of carbonyl (C=O) groups is 1. The zero-order valence-electron chi connectivity index (χ0n) is 16.6. The van der Waals surface area contributed by atoms with Crippen LogP contribution in [0.5, 0.6) is 0 Å². The third kappa shape index (κ3) is 4.26. The standard InChI is InChI=1S/C23H29N2O2.BrH/c1-25(2)20-13-14-21(25)16-22(15-20)27-23(26)24(19-11-7-4-8-12-19)17-18-9-5-3-6-10-18;/h3-12,20-22H,13-17H2,1-2H3;1H/q+1;/p-1/t20-,21+,22+;. The minimum absolute atomic E-state index is 0. The Morgan fingerprint density at radius 2 is 1.50 bits per heavy atom. The molecule has 150 valence electrons. The number of rotatable bonds is 4. The van der Waals surface area contributed by atoms with Crippen LogP contribution in [0.15, 0.2) is 60.7 Å². The molecule has 5 heteroatoms. The molecule has 0 aromatic heterocycles. The summed E-state index contributed by atoms with van der Waals surface area (Å²) in [6, 6.07) is 21.1. The van der Waals surface area contributed by atoms with Gasteiger partial charge in [-0.05, 0) is 17.7 Å². The van der Waals surface area contributed by atoms with Gasteiger partial charge in [0, 0.05) is 31.4 Å². The number of halogens is 1. The number of carbonyl (C=O) groups excluding carboxylic acids is 1. The number of anilines is 1. The van der Waals surface area contributed by atoms with Gasteiger partial charge in [-0.1, -0.05) is 48.5 Å². The van der Waals surface area contributed by atoms with Crippen molar-refractivity contribution in [3.63, 3.8) is 0 Å². The van der Waals surface area contributed by atoms with E-state index in [0.29, 0.717) is 18.6 Å². The fourth-order valence-corrected chi connectivity index (χ4v) is 4.77. The first-order valence-corrected chi connectivity index (χ1v) is 9.94. The van der Waals surface area contributed by atoms with Gasteiger partial charge in [0.15, 0.2) is 0 Å². The van der Waals surface area contributed by atoms with Crippen molar-refractivity contribution in [3.05, 3.63) is 66.2 Å². The maximum absolute atomic E-state index is 13.1. The first-order chi connectivity index (χ1) is 13.0. The monoisotopic (exact) mass is 444 g/mol. The van der Waals surface area contributed by atoms with Gasteiger partial charge < -0.3 is 26.2 Å². The van der Waals surface area contributed by atoms with Crippen LogP contribution < -0.4 is 21.9 Å². The Kier molecular flexibility index (Phi) is 6.46. The number of nitrogens with zero attached hydrogens (tertiary/aromatic N) is 2. The average Bonchev–Trinajstić information content (AvgIpc) is 2.85. The molecule has 0 N–H and O–H groups in total. The highest BCUT2D eigenvalue weighted by Gasteiger charge is 2.50. The summed E-state index contributed by atoms with van der Waals surface area (Å²) in [5.74, 6) is 0. The van der Waals surface area contributed by atoms with Gasteiger partial charge in [-0.2, -0.15) is 0 Å². The van der Waals surface area contributed by atoms with Crippen molar-refractivity contribution in [2.75, 3.05) is 19.0 Å². The Balaban J connectivity index is 0.00000225. The van der Waals surface area contributed by atoms with Gasteiger partial charge in [-0.3, -0.25) is 4.90 Å². The molecule has 0 aliphatic carbocycles. The van der Waals surface area contributed by atoms with Gasteiger partial charge >= 0.3 is 6.09 Å². The number of fused-ring (bicyclic) bond motifs is 2. The van der Waals surface area contributed by atoms with E-state index in [1.165, 1.54) is 12.8 Å². The second kappa shape index (κ2) is 8.66. The van der Waals surface area contributed by atoms with Crippen LogP contribution in [0, 0.1) is 0 Å². The molecule has 3 atom stereocenters. The first-order valence-electron chi connectivity index (χ1n) is 9.94. The zero-order chi connectivity index (χ0) is 18.9. The topological polar surface area (TPSA) is 29.5 Å². The maximum Gasteiger partial charge on any atom is 0.414 e. The molecule has 0 radical (unpaired) electrons. The lowest BCUT2D eigenvalue weighted by Gasteiger charge is -2.44. The van der Waals surface area contributed by atoms with E-state index in [-0.39, 0.29) is 29.2 Å². The van der Waals surface area contributed by atoms with Crippen LogP contribution in [0.1, 0.15) is 31.2 Å². The van der Waals surface area contributed by atoms with E-state index in [0.717, 1.165) is 28.6 Å². The highest BCUT2D eigenvalue weighted by atomic mass is 79.9. The van der Waals surface area contributed by atoms with Crippen LogP contribution in [0.2, 0.25) is 0 Å². The predicted molar refractivity (Wildman–Crippen MR) is 107 cm³/mol. The van der Waals surface area contributed by atoms with E-state index in [9.17, 15) is 4.79 Å². The van der Waals surface area contributed by atoms with Crippen LogP contribution in [-0.4, -0.2) is 42.9 Å². The van der Waals surface area contributed by atoms with Crippen LogP contribution >= 0.6 is 0 Å². The fourth-order valence-electron chi connectivity index (χ4n) is 4.77. The Labute approximate surface area is 178 Å². The second-order valence-electron chi connectivity index (χ2n) is 8.40. The van der Waals surface area contributed by atoms with Crippen molar-refractivity contribution in [1.82, 2.24) is 0 Å². The lowest BCUT2D eigenvalue weighted by atomic mass is 9.98. The maximum atomic E-state index is 13.1. The highest BCUT2D eigenvalue weighted by molar-refractivity contribution is 5.87. The molecule has 2 bridgehead atoms. The van der Waals surface area contributed by atoms with E-state index in [1.807, 2.05) is 60.7 Å². The number of quaternary nitrogens is 1. The smallest absolute Gasteiger partial charge is 0.414 e. The lowest BCUT2D eigenvalue weighted by molar-refractivity contribution is -0.931. The second-order valence-corrected chi connectivity index (χ2v) is 8.40. The molecule has 2 aliphatic rings. The Bertz CT molecular complexity index is 766. The van der Waals surface area contributed by atoms with Crippen molar-refractivity contribution in [3.8, 4) is 0 Å². The third-order valence-corrected chi connectivity index (χ3v) is 6.52. The molecule has 1 amide bonds. The minimum Gasteiger partial charge on any atom is -1.00 e. The molecule has 2 fully saturated rings. The van der Waals surface area contributed by atoms with Crippen molar-refractivity contribution in [2.45, 2.75) is 50.4 Å². The van der Waals surface area contributed by atoms with Gasteiger partial charge in [-0.15, -0.1) is 0 Å². The van der Waals surface area contributed by atoms with Crippen molar-refractivity contribution in [2.24, 2.45) is 0 Å². The number of ether oxygens (including phenoxy) is 1. The first kappa shape index (κ1) is 20.9. The molecule has 2 saturated heterocycles. The van der Waals surface area contributed by atoms with Crippen LogP contribution in [0.4, 0.5) is 10.5 Å². The number of para-hydroxylation sites is 1. The summed E-state index contributed by atoms with van der Waals surface area (Å²) in [4.78, 5) is 14.9. The summed E-state index contributed by atoms with van der Waals surface area (Å²) in [5.41, 5.74) is 1.97. The third-order valence-electron chi connectivity index (χ3n) is 6.52. The summed E-state index contributed by atoms with van der Waals surface area (Å²) in [6.07, 6.45) is 4.24. The highest BCUT2D eigenvalue weighted by Crippen LogP contribution is 2.40. The number of hydrogen-bond acceptors (Lipinski definition) is 2. The van der Waals surface area contributed by atoms with Gasteiger partial charge in [0.2, 0.25) is 0 Å². The molecular formula is C23H29BrN2O2. The van der Waals surface area contributed by atoms with E-state index in [4.69, 9.17) is 4.74 Å². The summed E-state index contributed by atoms with van der Waals surface area (Å²) in [6.45, 7) is 0.519. The zero-order valence-corrected chi connectivity index (χ0v) is 18.2. The molecule has 4 rings (SSSR count). The van der Waals surface area contributed by atoms with Gasteiger partial charge in [-0.25, -0.2) is 4.79 Å². The Hall–Kier alpha value is -1.85. The van der Waals surface area contributed by atoms with Crippen LogP contribution in [0.3, 0.4) is 0 Å². The molecule has 4 nitrogen and oxygen atoms in total. The van der Waals surface area contributed by atoms with Crippen molar-refractivity contribution < 1.29 is 31.0 Å². The fraction of sp³-hybridized carbons (Fsp3) is 0.435. The van der Waals surface area contributed by atoms with Crippen LogP contribution in [-0.2, 0) is 11.3 Å². The minimum atomic E-state index is -0.235. The van der Waals surface area contributed by atoms with Gasteiger partial charge in [0.1, 0.15) is 6.10 Å². The summed E-state index contributed by atoms with van der Waals surface area (Å²) in [7, 11) is 4.65.